The second-order valence-corrected chi connectivity index (χ2v) is 11.8. The minimum Gasteiger partial charge on any atom is -0.497 e. The predicted molar refractivity (Wildman–Crippen MR) is 134 cm³/mol. The van der Waals surface area contributed by atoms with E-state index in [2.05, 4.69) is 19.0 Å². The Hall–Kier alpha value is -2.65. The number of ether oxygens (including phenoxy) is 1. The molecule has 2 aliphatic rings. The summed E-state index contributed by atoms with van der Waals surface area (Å²) in [5, 5.41) is 3.92. The minimum absolute atomic E-state index is 0.0886. The Bertz CT molecular complexity index is 1150. The molecule has 0 spiro atoms. The van der Waals surface area contributed by atoms with Crippen molar-refractivity contribution in [1.82, 2.24) is 14.4 Å². The average molecular weight is 502 g/mol. The molecule has 0 aliphatic carbocycles. The summed E-state index contributed by atoms with van der Waals surface area (Å²) >= 11 is 0. The minimum atomic E-state index is -3.81. The molecule has 8 nitrogen and oxygen atoms in total. The lowest BCUT2D eigenvalue weighted by Gasteiger charge is -2.39. The first-order valence-electron chi connectivity index (χ1n) is 12.3. The number of aryl methyl sites for hydroxylation is 1. The Balaban J connectivity index is 1.44. The Labute approximate surface area is 208 Å². The van der Waals surface area contributed by atoms with Crippen molar-refractivity contribution in [2.24, 2.45) is 17.8 Å². The standard InChI is InChI=1S/C26H35N3O5S/c1-18-15-19(2)17-28(16-18)26(30)22-11-13-29(14-12-22)35(31,32)25-20(3)27-34-24(25)10-7-21-5-8-23(33-4)9-6-21/h5-10,18-19,22H,11-17H2,1-4H3. The summed E-state index contributed by atoms with van der Waals surface area (Å²) in [5.74, 6) is 2.00. The SMILES string of the molecule is COc1ccc(C=Cc2onc(C)c2S(=O)(=O)N2CCC(C(=O)N3CC(C)CC(C)C3)CC2)cc1. The Morgan fingerprint density at radius 3 is 2.31 bits per heavy atom. The maximum absolute atomic E-state index is 13.5. The molecule has 0 N–H and O–H groups in total. The van der Waals surface area contributed by atoms with Crippen LogP contribution in [0, 0.1) is 24.7 Å². The molecule has 3 heterocycles. The van der Waals surface area contributed by atoms with E-state index < -0.39 is 10.0 Å². The lowest BCUT2D eigenvalue weighted by molar-refractivity contribution is -0.139. The van der Waals surface area contributed by atoms with E-state index in [-0.39, 0.29) is 22.5 Å². The number of carbonyl (C=O) groups is 1. The molecule has 2 aromatic rings. The van der Waals surface area contributed by atoms with Crippen LogP contribution in [0.25, 0.3) is 12.2 Å². The number of nitrogens with zero attached hydrogens (tertiary/aromatic N) is 3. The highest BCUT2D eigenvalue weighted by Gasteiger charge is 2.37. The summed E-state index contributed by atoms with van der Waals surface area (Å²) in [7, 11) is -2.20. The first-order chi connectivity index (χ1) is 16.7. The molecule has 1 amide bonds. The molecule has 35 heavy (non-hydrogen) atoms. The van der Waals surface area contributed by atoms with Gasteiger partial charge in [0.25, 0.3) is 0 Å². The van der Waals surface area contributed by atoms with E-state index in [1.807, 2.05) is 29.2 Å². The van der Waals surface area contributed by atoms with Gasteiger partial charge in [0, 0.05) is 32.1 Å². The van der Waals surface area contributed by atoms with E-state index in [1.165, 1.54) is 4.31 Å². The number of hydrogen-bond acceptors (Lipinski definition) is 6. The second kappa shape index (κ2) is 10.5. The normalized spacial score (nSPS) is 22.6. The summed E-state index contributed by atoms with van der Waals surface area (Å²) < 4.78 is 39.1. The lowest BCUT2D eigenvalue weighted by atomic mass is 9.89. The maximum Gasteiger partial charge on any atom is 0.248 e. The third-order valence-corrected chi connectivity index (χ3v) is 9.02. The lowest BCUT2D eigenvalue weighted by Crippen LogP contribution is -2.48. The van der Waals surface area contributed by atoms with Crippen molar-refractivity contribution >= 4 is 28.1 Å². The monoisotopic (exact) mass is 501 g/mol. The van der Waals surface area contributed by atoms with Crippen LogP contribution in [0.2, 0.25) is 0 Å². The van der Waals surface area contributed by atoms with Crippen molar-refractivity contribution in [2.45, 2.75) is 44.9 Å². The van der Waals surface area contributed by atoms with Crippen LogP contribution < -0.4 is 4.74 Å². The number of likely N-dealkylation sites (tertiary alicyclic amines) is 1. The average Bonchev–Trinajstić information content (AvgIpc) is 3.23. The first kappa shape index (κ1) is 25.4. The van der Waals surface area contributed by atoms with Crippen molar-refractivity contribution in [1.29, 1.82) is 0 Å². The Morgan fingerprint density at radius 1 is 1.09 bits per heavy atom. The number of methoxy groups -OCH3 is 1. The highest BCUT2D eigenvalue weighted by atomic mass is 32.2. The van der Waals surface area contributed by atoms with Crippen molar-refractivity contribution in [2.75, 3.05) is 33.3 Å². The maximum atomic E-state index is 13.5. The fourth-order valence-corrected chi connectivity index (χ4v) is 6.98. The van der Waals surface area contributed by atoms with Crippen molar-refractivity contribution in [3.8, 4) is 5.75 Å². The van der Waals surface area contributed by atoms with Crippen LogP contribution >= 0.6 is 0 Å². The highest BCUT2D eigenvalue weighted by Crippen LogP contribution is 2.31. The van der Waals surface area contributed by atoms with Crippen LogP contribution in [0.15, 0.2) is 33.7 Å². The zero-order valence-corrected chi connectivity index (χ0v) is 21.8. The predicted octanol–water partition coefficient (Wildman–Crippen LogP) is 4.07. The molecule has 0 bridgehead atoms. The quantitative estimate of drug-likeness (QED) is 0.593. The van der Waals surface area contributed by atoms with Gasteiger partial charge < -0.3 is 14.2 Å². The third kappa shape index (κ3) is 5.62. The van der Waals surface area contributed by atoms with Crippen molar-refractivity contribution in [3.05, 3.63) is 41.3 Å². The smallest absolute Gasteiger partial charge is 0.248 e. The van der Waals surface area contributed by atoms with Crippen LogP contribution in [0.1, 0.15) is 50.1 Å². The summed E-state index contributed by atoms with van der Waals surface area (Å²) in [4.78, 5) is 15.2. The van der Waals surface area contributed by atoms with Gasteiger partial charge in [0.2, 0.25) is 15.9 Å². The molecule has 4 rings (SSSR count). The van der Waals surface area contributed by atoms with Gasteiger partial charge in [-0.2, -0.15) is 4.31 Å². The number of hydrogen-bond donors (Lipinski definition) is 0. The van der Waals surface area contributed by atoms with Crippen LogP contribution in [0.5, 0.6) is 5.75 Å². The van der Waals surface area contributed by atoms with Crippen LogP contribution in [-0.2, 0) is 14.8 Å². The molecule has 190 valence electrons. The molecule has 9 heteroatoms. The topological polar surface area (TPSA) is 93.0 Å². The van der Waals surface area contributed by atoms with E-state index in [0.29, 0.717) is 43.5 Å². The van der Waals surface area contributed by atoms with E-state index in [1.54, 1.807) is 26.2 Å². The molecular weight excluding hydrogens is 466 g/mol. The van der Waals surface area contributed by atoms with Crippen molar-refractivity contribution < 1.29 is 22.5 Å². The van der Waals surface area contributed by atoms with Gasteiger partial charge >= 0.3 is 0 Å². The fourth-order valence-electron chi connectivity index (χ4n) is 5.26. The number of sulfonamides is 1. The van der Waals surface area contributed by atoms with Gasteiger partial charge in [-0.25, -0.2) is 8.42 Å². The van der Waals surface area contributed by atoms with Gasteiger partial charge in [-0.3, -0.25) is 4.79 Å². The first-order valence-corrected chi connectivity index (χ1v) is 13.7. The zero-order valence-electron chi connectivity index (χ0n) is 20.9. The number of aromatic nitrogens is 1. The summed E-state index contributed by atoms with van der Waals surface area (Å²) in [6, 6.07) is 7.41. The van der Waals surface area contributed by atoms with E-state index in [4.69, 9.17) is 9.26 Å². The van der Waals surface area contributed by atoms with E-state index in [9.17, 15) is 13.2 Å². The number of rotatable bonds is 6. The third-order valence-electron chi connectivity index (χ3n) is 6.96. The van der Waals surface area contributed by atoms with Gasteiger partial charge in [-0.1, -0.05) is 37.2 Å². The molecule has 2 atom stereocenters. The molecule has 2 unspecified atom stereocenters. The van der Waals surface area contributed by atoms with Gasteiger partial charge in [-0.05, 0) is 61.8 Å². The van der Waals surface area contributed by atoms with Gasteiger partial charge in [-0.15, -0.1) is 0 Å². The number of piperidine rings is 2. The van der Waals surface area contributed by atoms with Crippen LogP contribution in [0.3, 0.4) is 0 Å². The molecule has 2 fully saturated rings. The fraction of sp³-hybridized carbons (Fsp3) is 0.538. The summed E-state index contributed by atoms with van der Waals surface area (Å²) in [6.07, 6.45) is 5.61. The number of benzene rings is 1. The molecular formula is C26H35N3O5S. The zero-order chi connectivity index (χ0) is 25.2. The number of carbonyl (C=O) groups excluding carboxylic acids is 1. The molecule has 2 saturated heterocycles. The van der Waals surface area contributed by atoms with E-state index in [0.717, 1.165) is 30.8 Å². The molecule has 0 saturated carbocycles. The van der Waals surface area contributed by atoms with Crippen LogP contribution in [-0.4, -0.2) is 62.0 Å². The molecule has 1 aromatic carbocycles. The van der Waals surface area contributed by atoms with Gasteiger partial charge in [0.05, 0.1) is 7.11 Å². The Kier molecular flexibility index (Phi) is 7.66. The summed E-state index contributed by atoms with van der Waals surface area (Å²) in [6.45, 7) is 8.22. The largest absolute Gasteiger partial charge is 0.497 e. The van der Waals surface area contributed by atoms with Gasteiger partial charge in [0.1, 0.15) is 11.4 Å². The van der Waals surface area contributed by atoms with Crippen molar-refractivity contribution in [3.63, 3.8) is 0 Å². The molecule has 0 radical (unpaired) electrons. The van der Waals surface area contributed by atoms with E-state index >= 15 is 0 Å². The molecule has 1 aromatic heterocycles. The second-order valence-electron chi connectivity index (χ2n) is 9.94. The molecule has 2 aliphatic heterocycles. The number of amides is 1. The summed E-state index contributed by atoms with van der Waals surface area (Å²) in [5.41, 5.74) is 1.21. The Morgan fingerprint density at radius 2 is 1.71 bits per heavy atom. The van der Waals surface area contributed by atoms with Crippen LogP contribution in [0.4, 0.5) is 0 Å². The highest BCUT2D eigenvalue weighted by molar-refractivity contribution is 7.89. The van der Waals surface area contributed by atoms with Gasteiger partial charge in [0.15, 0.2) is 10.7 Å².